The number of para-hydroxylation sites is 1. The highest BCUT2D eigenvalue weighted by Gasteiger charge is 2.40. The molecular weight excluding hydrogens is 306 g/mol. The Bertz CT molecular complexity index is 811. The lowest BCUT2D eigenvalue weighted by atomic mass is 10.1. The molecule has 1 aliphatic heterocycles. The van der Waals surface area contributed by atoms with E-state index in [1.165, 1.54) is 4.90 Å². The van der Waals surface area contributed by atoms with Crippen LogP contribution in [0.4, 0.5) is 0 Å². The van der Waals surface area contributed by atoms with Crippen molar-refractivity contribution in [3.8, 4) is 0 Å². The SMILES string of the molecule is CC(C)N1C(=O)C[C@H](NC(=O)Cc2cccc3cccnc23)C1=O. The smallest absolute Gasteiger partial charge is 0.252 e. The summed E-state index contributed by atoms with van der Waals surface area (Å²) in [6, 6.07) is 8.46. The lowest BCUT2D eigenvalue weighted by molar-refractivity contribution is -0.141. The van der Waals surface area contributed by atoms with Crippen LogP contribution in [0, 0.1) is 0 Å². The highest BCUT2D eigenvalue weighted by atomic mass is 16.2. The molecule has 0 radical (unpaired) electrons. The lowest BCUT2D eigenvalue weighted by Crippen LogP contribution is -2.44. The Morgan fingerprint density at radius 1 is 1.29 bits per heavy atom. The Balaban J connectivity index is 1.72. The molecule has 1 aliphatic rings. The van der Waals surface area contributed by atoms with Gasteiger partial charge in [-0.2, -0.15) is 0 Å². The third kappa shape index (κ3) is 2.99. The normalized spacial score (nSPS) is 17.8. The Morgan fingerprint density at radius 3 is 2.75 bits per heavy atom. The monoisotopic (exact) mass is 325 g/mol. The van der Waals surface area contributed by atoms with Crippen LogP contribution in [0.3, 0.4) is 0 Å². The molecule has 0 aliphatic carbocycles. The van der Waals surface area contributed by atoms with Gasteiger partial charge in [-0.15, -0.1) is 0 Å². The van der Waals surface area contributed by atoms with Crippen LogP contribution < -0.4 is 5.32 Å². The second-order valence-corrected chi connectivity index (χ2v) is 6.19. The Labute approximate surface area is 139 Å². The minimum atomic E-state index is -0.768. The van der Waals surface area contributed by atoms with Gasteiger partial charge in [0.25, 0.3) is 5.91 Å². The summed E-state index contributed by atoms with van der Waals surface area (Å²) in [7, 11) is 0. The van der Waals surface area contributed by atoms with Gasteiger partial charge in [-0.1, -0.05) is 24.3 Å². The number of benzene rings is 1. The number of nitrogens with zero attached hydrogens (tertiary/aromatic N) is 2. The molecule has 124 valence electrons. The summed E-state index contributed by atoms with van der Waals surface area (Å²) >= 11 is 0. The van der Waals surface area contributed by atoms with Gasteiger partial charge in [-0.3, -0.25) is 24.3 Å². The first kappa shape index (κ1) is 16.1. The average molecular weight is 325 g/mol. The van der Waals surface area contributed by atoms with Gasteiger partial charge >= 0.3 is 0 Å². The second kappa shape index (κ2) is 6.39. The zero-order valence-corrected chi connectivity index (χ0v) is 13.7. The van der Waals surface area contributed by atoms with Crippen molar-refractivity contribution in [3.05, 3.63) is 42.1 Å². The van der Waals surface area contributed by atoms with E-state index >= 15 is 0 Å². The molecule has 0 saturated carbocycles. The standard InChI is InChI=1S/C18H19N3O3/c1-11(2)21-16(23)10-14(18(21)24)20-15(22)9-13-6-3-5-12-7-4-8-19-17(12)13/h3-8,11,14H,9-10H2,1-2H3,(H,20,22)/t14-/m0/s1. The highest BCUT2D eigenvalue weighted by Crippen LogP contribution is 2.18. The van der Waals surface area contributed by atoms with E-state index in [0.717, 1.165) is 16.5 Å². The molecule has 6 heteroatoms. The van der Waals surface area contributed by atoms with Crippen LogP contribution in [0.5, 0.6) is 0 Å². The number of rotatable bonds is 4. The van der Waals surface area contributed by atoms with Crippen LogP contribution in [-0.4, -0.2) is 39.7 Å². The van der Waals surface area contributed by atoms with Gasteiger partial charge in [-0.05, 0) is 25.5 Å². The number of imide groups is 1. The van der Waals surface area contributed by atoms with Crippen molar-refractivity contribution in [2.75, 3.05) is 0 Å². The zero-order chi connectivity index (χ0) is 17.3. The van der Waals surface area contributed by atoms with Crippen LogP contribution in [-0.2, 0) is 20.8 Å². The van der Waals surface area contributed by atoms with Gasteiger partial charge in [0.15, 0.2) is 0 Å². The summed E-state index contributed by atoms with van der Waals surface area (Å²) in [4.78, 5) is 42.0. The molecule has 0 bridgehead atoms. The first-order valence-corrected chi connectivity index (χ1v) is 7.95. The molecule has 2 heterocycles. The van der Waals surface area contributed by atoms with Crippen molar-refractivity contribution in [3.63, 3.8) is 0 Å². The maximum atomic E-state index is 12.3. The van der Waals surface area contributed by atoms with Gasteiger partial charge in [-0.25, -0.2) is 0 Å². The summed E-state index contributed by atoms with van der Waals surface area (Å²) in [5.41, 5.74) is 1.57. The number of fused-ring (bicyclic) bond motifs is 1. The summed E-state index contributed by atoms with van der Waals surface area (Å²) in [6.07, 6.45) is 1.83. The van der Waals surface area contributed by atoms with E-state index in [2.05, 4.69) is 10.3 Å². The molecular formula is C18H19N3O3. The first-order valence-electron chi connectivity index (χ1n) is 7.95. The quantitative estimate of drug-likeness (QED) is 0.863. The minimum absolute atomic E-state index is 0.0243. The van der Waals surface area contributed by atoms with Crippen molar-refractivity contribution in [1.82, 2.24) is 15.2 Å². The highest BCUT2D eigenvalue weighted by molar-refractivity contribution is 6.07. The molecule has 24 heavy (non-hydrogen) atoms. The molecule has 3 rings (SSSR count). The van der Waals surface area contributed by atoms with Gasteiger partial charge in [0.05, 0.1) is 18.4 Å². The van der Waals surface area contributed by atoms with E-state index in [1.54, 1.807) is 20.0 Å². The molecule has 2 aromatic rings. The molecule has 1 aromatic carbocycles. The molecule has 1 fully saturated rings. The predicted octanol–water partition coefficient (Wildman–Crippen LogP) is 1.43. The summed E-state index contributed by atoms with van der Waals surface area (Å²) < 4.78 is 0. The Hall–Kier alpha value is -2.76. The van der Waals surface area contributed by atoms with Crippen molar-refractivity contribution >= 4 is 28.6 Å². The van der Waals surface area contributed by atoms with E-state index in [4.69, 9.17) is 0 Å². The summed E-state index contributed by atoms with van der Waals surface area (Å²) in [5, 5.41) is 3.64. The fraction of sp³-hybridized carbons (Fsp3) is 0.333. The Kier molecular flexibility index (Phi) is 4.29. The maximum Gasteiger partial charge on any atom is 0.252 e. The molecule has 6 nitrogen and oxygen atoms in total. The molecule has 1 N–H and O–H groups in total. The Morgan fingerprint density at radius 2 is 2.04 bits per heavy atom. The molecule has 3 amide bonds. The van der Waals surface area contributed by atoms with Crippen molar-refractivity contribution < 1.29 is 14.4 Å². The number of pyridine rings is 1. The number of carbonyl (C=O) groups excluding carboxylic acids is 3. The van der Waals surface area contributed by atoms with Crippen molar-refractivity contribution in [2.24, 2.45) is 0 Å². The van der Waals surface area contributed by atoms with E-state index in [-0.39, 0.29) is 36.6 Å². The molecule has 1 atom stereocenters. The van der Waals surface area contributed by atoms with Crippen molar-refractivity contribution in [1.29, 1.82) is 0 Å². The first-order chi connectivity index (χ1) is 11.5. The van der Waals surface area contributed by atoms with E-state index in [9.17, 15) is 14.4 Å². The molecule has 0 unspecified atom stereocenters. The van der Waals surface area contributed by atoms with Gasteiger partial charge in [0.2, 0.25) is 11.8 Å². The third-order valence-corrected chi connectivity index (χ3v) is 4.10. The van der Waals surface area contributed by atoms with E-state index in [0.29, 0.717) is 0 Å². The molecule has 0 spiro atoms. The number of nitrogens with one attached hydrogen (secondary N) is 1. The van der Waals surface area contributed by atoms with Gasteiger partial charge in [0.1, 0.15) is 6.04 Å². The largest absolute Gasteiger partial charge is 0.343 e. The summed E-state index contributed by atoms with van der Waals surface area (Å²) in [5.74, 6) is -0.864. The van der Waals surface area contributed by atoms with Gasteiger partial charge < -0.3 is 5.32 Å². The minimum Gasteiger partial charge on any atom is -0.343 e. The third-order valence-electron chi connectivity index (χ3n) is 4.10. The van der Waals surface area contributed by atoms with Crippen LogP contribution in [0.2, 0.25) is 0 Å². The second-order valence-electron chi connectivity index (χ2n) is 6.19. The van der Waals surface area contributed by atoms with Crippen LogP contribution in [0.15, 0.2) is 36.5 Å². The van der Waals surface area contributed by atoms with Crippen LogP contribution in [0.25, 0.3) is 10.9 Å². The molecule has 1 aromatic heterocycles. The topological polar surface area (TPSA) is 79.4 Å². The fourth-order valence-corrected chi connectivity index (χ4v) is 3.03. The van der Waals surface area contributed by atoms with E-state index < -0.39 is 6.04 Å². The number of likely N-dealkylation sites (tertiary alicyclic amines) is 1. The fourth-order valence-electron chi connectivity index (χ4n) is 3.03. The van der Waals surface area contributed by atoms with Crippen molar-refractivity contribution in [2.45, 2.75) is 38.8 Å². The average Bonchev–Trinajstić information content (AvgIpc) is 2.81. The van der Waals surface area contributed by atoms with Crippen LogP contribution >= 0.6 is 0 Å². The number of amides is 3. The zero-order valence-electron chi connectivity index (χ0n) is 13.7. The molecule has 1 saturated heterocycles. The number of hydrogen-bond donors (Lipinski definition) is 1. The number of carbonyl (C=O) groups is 3. The predicted molar refractivity (Wildman–Crippen MR) is 89.0 cm³/mol. The number of hydrogen-bond acceptors (Lipinski definition) is 4. The summed E-state index contributed by atoms with van der Waals surface area (Å²) in [6.45, 7) is 3.56. The van der Waals surface area contributed by atoms with Crippen LogP contribution in [0.1, 0.15) is 25.8 Å². The number of aromatic nitrogens is 1. The van der Waals surface area contributed by atoms with Gasteiger partial charge in [0, 0.05) is 17.6 Å². The lowest BCUT2D eigenvalue weighted by Gasteiger charge is -2.19. The maximum absolute atomic E-state index is 12.3. The van der Waals surface area contributed by atoms with E-state index in [1.807, 2.05) is 30.3 Å².